The van der Waals surface area contributed by atoms with Gasteiger partial charge < -0.3 is 4.42 Å². The minimum atomic E-state index is -0.150. The average Bonchev–Trinajstić information content (AvgIpc) is 2.75. The lowest BCUT2D eigenvalue weighted by Crippen LogP contribution is -2.12. The Kier molecular flexibility index (Phi) is 3.51. The van der Waals surface area contributed by atoms with Gasteiger partial charge in [0, 0.05) is 11.1 Å². The summed E-state index contributed by atoms with van der Waals surface area (Å²) in [6, 6.07) is 9.45. The molecule has 1 aromatic heterocycles. The van der Waals surface area contributed by atoms with Crippen LogP contribution in [-0.2, 0) is 0 Å². The number of furan rings is 1. The van der Waals surface area contributed by atoms with E-state index in [2.05, 4.69) is 19.2 Å². The Labute approximate surface area is 107 Å². The second-order valence-electron chi connectivity index (χ2n) is 4.66. The molecule has 0 aliphatic rings. The molecule has 94 valence electrons. The molecule has 0 aliphatic carbocycles. The number of amides is 1. The van der Waals surface area contributed by atoms with Crippen LogP contribution in [0.3, 0.4) is 0 Å². The summed E-state index contributed by atoms with van der Waals surface area (Å²) >= 11 is 0. The van der Waals surface area contributed by atoms with Crippen LogP contribution in [-0.4, -0.2) is 5.91 Å². The molecule has 0 bridgehead atoms. The molecule has 1 aromatic carbocycles. The Bertz CT molecular complexity index is 538. The van der Waals surface area contributed by atoms with Crippen LogP contribution in [0.2, 0.25) is 0 Å². The van der Waals surface area contributed by atoms with Crippen molar-refractivity contribution in [1.82, 2.24) is 0 Å². The highest BCUT2D eigenvalue weighted by molar-refractivity contribution is 6.03. The maximum Gasteiger partial charge on any atom is 0.257 e. The first-order valence-electron chi connectivity index (χ1n) is 6.03. The van der Waals surface area contributed by atoms with Crippen molar-refractivity contribution in [3.05, 3.63) is 53.3 Å². The Morgan fingerprint density at radius 1 is 1.17 bits per heavy atom. The number of benzene rings is 1. The average molecular weight is 243 g/mol. The van der Waals surface area contributed by atoms with Gasteiger partial charge in [0.25, 0.3) is 5.91 Å². The number of anilines is 1. The number of hydrogen-bond acceptors (Lipinski definition) is 2. The second kappa shape index (κ2) is 5.08. The highest BCUT2D eigenvalue weighted by Gasteiger charge is 2.10. The molecule has 0 fully saturated rings. The van der Waals surface area contributed by atoms with Gasteiger partial charge in [0.05, 0.1) is 6.26 Å². The highest BCUT2D eigenvalue weighted by Crippen LogP contribution is 2.18. The molecule has 3 nitrogen and oxygen atoms in total. The molecular weight excluding hydrogens is 226 g/mol. The number of carbonyl (C=O) groups excluding carboxylic acids is 1. The molecular formula is C15H17NO2. The molecule has 1 N–H and O–H groups in total. The summed E-state index contributed by atoms with van der Waals surface area (Å²) in [6.45, 7) is 6.14. The topological polar surface area (TPSA) is 42.2 Å². The number of carbonyl (C=O) groups is 1. The van der Waals surface area contributed by atoms with Gasteiger partial charge in [-0.25, -0.2) is 0 Å². The van der Waals surface area contributed by atoms with Crippen molar-refractivity contribution < 1.29 is 9.21 Å². The summed E-state index contributed by atoms with van der Waals surface area (Å²) in [5, 5.41) is 2.75. The van der Waals surface area contributed by atoms with E-state index in [9.17, 15) is 4.79 Å². The lowest BCUT2D eigenvalue weighted by atomic mass is 10.0. The van der Waals surface area contributed by atoms with Crippen LogP contribution >= 0.6 is 0 Å². The van der Waals surface area contributed by atoms with E-state index in [-0.39, 0.29) is 5.91 Å². The second-order valence-corrected chi connectivity index (χ2v) is 4.66. The van der Waals surface area contributed by atoms with E-state index in [1.807, 2.05) is 37.3 Å². The van der Waals surface area contributed by atoms with Crippen LogP contribution in [0.15, 0.2) is 41.0 Å². The van der Waals surface area contributed by atoms with E-state index in [0.717, 1.165) is 5.56 Å². The minimum absolute atomic E-state index is 0.150. The van der Waals surface area contributed by atoms with E-state index in [1.165, 1.54) is 5.56 Å². The highest BCUT2D eigenvalue weighted by atomic mass is 16.3. The summed E-state index contributed by atoms with van der Waals surface area (Å²) in [4.78, 5) is 12.0. The quantitative estimate of drug-likeness (QED) is 0.886. The third-order valence-electron chi connectivity index (χ3n) is 2.93. The number of hydrogen-bond donors (Lipinski definition) is 1. The molecule has 0 spiro atoms. The van der Waals surface area contributed by atoms with Crippen LogP contribution in [0.5, 0.6) is 0 Å². The monoisotopic (exact) mass is 243 g/mol. The lowest BCUT2D eigenvalue weighted by molar-refractivity contribution is 0.102. The summed E-state index contributed by atoms with van der Waals surface area (Å²) < 4.78 is 5.19. The third kappa shape index (κ3) is 2.62. The molecule has 0 saturated heterocycles. The molecule has 0 aliphatic heterocycles. The first kappa shape index (κ1) is 12.4. The van der Waals surface area contributed by atoms with Crippen LogP contribution < -0.4 is 5.32 Å². The molecule has 18 heavy (non-hydrogen) atoms. The van der Waals surface area contributed by atoms with Gasteiger partial charge in [-0.05, 0) is 36.6 Å². The van der Waals surface area contributed by atoms with Crippen molar-refractivity contribution in [1.29, 1.82) is 0 Å². The smallest absolute Gasteiger partial charge is 0.257 e. The van der Waals surface area contributed by atoms with Gasteiger partial charge in [0.2, 0.25) is 5.88 Å². The van der Waals surface area contributed by atoms with Gasteiger partial charge in [-0.2, -0.15) is 0 Å². The summed E-state index contributed by atoms with van der Waals surface area (Å²) in [5.74, 6) is 0.825. The SMILES string of the molecule is Cc1ccoc1NC(=O)c1ccc(C(C)C)cc1. The maximum atomic E-state index is 12.0. The van der Waals surface area contributed by atoms with E-state index in [0.29, 0.717) is 17.4 Å². The van der Waals surface area contributed by atoms with Crippen molar-refractivity contribution >= 4 is 11.8 Å². The van der Waals surface area contributed by atoms with E-state index in [1.54, 1.807) is 6.26 Å². The molecule has 0 unspecified atom stereocenters. The van der Waals surface area contributed by atoms with Crippen molar-refractivity contribution in [3.8, 4) is 0 Å². The molecule has 3 heteroatoms. The van der Waals surface area contributed by atoms with Crippen molar-refractivity contribution in [2.45, 2.75) is 26.7 Å². The zero-order chi connectivity index (χ0) is 13.1. The van der Waals surface area contributed by atoms with Gasteiger partial charge >= 0.3 is 0 Å². The molecule has 1 amide bonds. The zero-order valence-corrected chi connectivity index (χ0v) is 10.9. The van der Waals surface area contributed by atoms with Crippen LogP contribution in [0.1, 0.15) is 41.3 Å². The van der Waals surface area contributed by atoms with Crippen LogP contribution in [0, 0.1) is 6.92 Å². The molecule has 2 rings (SSSR count). The summed E-state index contributed by atoms with van der Waals surface area (Å²) in [6.07, 6.45) is 1.56. The Morgan fingerprint density at radius 2 is 1.83 bits per heavy atom. The normalized spacial score (nSPS) is 10.7. The summed E-state index contributed by atoms with van der Waals surface area (Å²) in [5.41, 5.74) is 2.78. The van der Waals surface area contributed by atoms with Gasteiger partial charge in [0.1, 0.15) is 0 Å². The van der Waals surface area contributed by atoms with Crippen molar-refractivity contribution in [3.63, 3.8) is 0 Å². The predicted octanol–water partition coefficient (Wildman–Crippen LogP) is 3.96. The Balaban J connectivity index is 2.12. The first-order valence-corrected chi connectivity index (χ1v) is 6.03. The molecule has 0 radical (unpaired) electrons. The largest absolute Gasteiger partial charge is 0.448 e. The third-order valence-corrected chi connectivity index (χ3v) is 2.93. The maximum absolute atomic E-state index is 12.0. The zero-order valence-electron chi connectivity index (χ0n) is 10.9. The first-order chi connectivity index (χ1) is 8.58. The van der Waals surface area contributed by atoms with Gasteiger partial charge in [-0.15, -0.1) is 0 Å². The fourth-order valence-corrected chi connectivity index (χ4v) is 1.70. The number of nitrogens with one attached hydrogen (secondary N) is 1. The Morgan fingerprint density at radius 3 is 2.33 bits per heavy atom. The number of rotatable bonds is 3. The summed E-state index contributed by atoms with van der Waals surface area (Å²) in [7, 11) is 0. The number of aryl methyl sites for hydroxylation is 1. The van der Waals surface area contributed by atoms with Crippen LogP contribution in [0.25, 0.3) is 0 Å². The fourth-order valence-electron chi connectivity index (χ4n) is 1.70. The van der Waals surface area contributed by atoms with E-state index >= 15 is 0 Å². The fraction of sp³-hybridized carbons (Fsp3) is 0.267. The standard InChI is InChI=1S/C15H17NO2/c1-10(2)12-4-6-13(7-5-12)14(17)16-15-11(3)8-9-18-15/h4-10H,1-3H3,(H,16,17). The van der Waals surface area contributed by atoms with Gasteiger partial charge in [0.15, 0.2) is 0 Å². The minimum Gasteiger partial charge on any atom is -0.448 e. The molecule has 2 aromatic rings. The van der Waals surface area contributed by atoms with Crippen molar-refractivity contribution in [2.75, 3.05) is 5.32 Å². The molecule has 0 atom stereocenters. The van der Waals surface area contributed by atoms with E-state index in [4.69, 9.17) is 4.42 Å². The predicted molar refractivity (Wildman–Crippen MR) is 71.9 cm³/mol. The van der Waals surface area contributed by atoms with Crippen LogP contribution in [0.4, 0.5) is 5.88 Å². The lowest BCUT2D eigenvalue weighted by Gasteiger charge is -2.07. The van der Waals surface area contributed by atoms with E-state index < -0.39 is 0 Å². The molecule has 1 heterocycles. The Hall–Kier alpha value is -2.03. The van der Waals surface area contributed by atoms with Crippen molar-refractivity contribution in [2.24, 2.45) is 0 Å². The van der Waals surface area contributed by atoms with Gasteiger partial charge in [-0.1, -0.05) is 26.0 Å². The van der Waals surface area contributed by atoms with Gasteiger partial charge in [-0.3, -0.25) is 10.1 Å². The molecule has 0 saturated carbocycles.